The van der Waals surface area contributed by atoms with Gasteiger partial charge in [-0.2, -0.15) is 0 Å². The highest BCUT2D eigenvalue weighted by Gasteiger charge is 2.69. The van der Waals surface area contributed by atoms with Crippen LogP contribution in [-0.2, 0) is 19.1 Å². The SMILES string of the molecule is C=C1C(=O)O[C@@H]2[C@H]1CC[C@@]1(C)CCC[C@](C)([C@H]3CC[C@](C)(O)[C@H]4[C@@H]5OC(=O)C(=C)[C@@H]5CC[C@]34C)[C@@H]21. The molecule has 0 radical (unpaired) electrons. The molecule has 4 aliphatic carbocycles. The Morgan fingerprint density at radius 2 is 1.29 bits per heavy atom. The summed E-state index contributed by atoms with van der Waals surface area (Å²) in [6.07, 6.45) is 8.64. The molecule has 35 heavy (non-hydrogen) atoms. The van der Waals surface area contributed by atoms with Crippen molar-refractivity contribution < 1.29 is 24.2 Å². The van der Waals surface area contributed by atoms with Gasteiger partial charge in [0.15, 0.2) is 0 Å². The zero-order valence-electron chi connectivity index (χ0n) is 21.9. The van der Waals surface area contributed by atoms with Crippen molar-refractivity contribution in [1.29, 1.82) is 0 Å². The second-order valence-electron chi connectivity index (χ2n) is 14.0. The predicted molar refractivity (Wildman–Crippen MR) is 132 cm³/mol. The Morgan fingerprint density at radius 1 is 0.743 bits per heavy atom. The number of aliphatic hydroxyl groups is 1. The lowest BCUT2D eigenvalue weighted by Crippen LogP contribution is -2.66. The van der Waals surface area contributed by atoms with Gasteiger partial charge in [0.2, 0.25) is 0 Å². The maximum atomic E-state index is 12.7. The van der Waals surface area contributed by atoms with Crippen molar-refractivity contribution in [2.75, 3.05) is 0 Å². The molecule has 6 aliphatic rings. The molecule has 0 aromatic heterocycles. The van der Waals surface area contributed by atoms with E-state index in [1.807, 2.05) is 6.92 Å². The van der Waals surface area contributed by atoms with Gasteiger partial charge >= 0.3 is 11.9 Å². The molecule has 4 saturated carbocycles. The summed E-state index contributed by atoms with van der Waals surface area (Å²) in [6.45, 7) is 17.4. The van der Waals surface area contributed by atoms with Crippen LogP contribution in [0.3, 0.4) is 0 Å². The zero-order valence-corrected chi connectivity index (χ0v) is 21.9. The summed E-state index contributed by atoms with van der Waals surface area (Å²) < 4.78 is 12.1. The monoisotopic (exact) mass is 482 g/mol. The summed E-state index contributed by atoms with van der Waals surface area (Å²) in [5, 5.41) is 11.8. The second kappa shape index (κ2) is 7.24. The van der Waals surface area contributed by atoms with E-state index in [1.54, 1.807) is 0 Å². The molecule has 0 aromatic carbocycles. The third kappa shape index (κ3) is 2.97. The molecular weight excluding hydrogens is 440 g/mol. The Morgan fingerprint density at radius 3 is 1.91 bits per heavy atom. The number of esters is 2. The van der Waals surface area contributed by atoms with Gasteiger partial charge in [0.05, 0.1) is 5.60 Å². The smallest absolute Gasteiger partial charge is 0.334 e. The van der Waals surface area contributed by atoms with Gasteiger partial charge in [-0.15, -0.1) is 0 Å². The molecule has 0 bridgehead atoms. The molecule has 2 heterocycles. The Balaban J connectivity index is 1.44. The fourth-order valence-corrected chi connectivity index (χ4v) is 10.9. The van der Waals surface area contributed by atoms with Crippen LogP contribution in [0.4, 0.5) is 0 Å². The molecular formula is C30H42O5. The fourth-order valence-electron chi connectivity index (χ4n) is 10.9. The fraction of sp³-hybridized carbons (Fsp3) is 0.800. The normalized spacial score (nSPS) is 55.4. The number of hydrogen-bond donors (Lipinski definition) is 1. The summed E-state index contributed by atoms with van der Waals surface area (Å²) in [7, 11) is 0. The molecule has 0 aromatic rings. The minimum absolute atomic E-state index is 0.00778. The number of fused-ring (bicyclic) bond motifs is 6. The molecule has 6 fully saturated rings. The van der Waals surface area contributed by atoms with Gasteiger partial charge in [-0.3, -0.25) is 0 Å². The van der Waals surface area contributed by atoms with Crippen LogP contribution in [0.5, 0.6) is 0 Å². The van der Waals surface area contributed by atoms with Crippen molar-refractivity contribution >= 4 is 11.9 Å². The first-order chi connectivity index (χ1) is 16.3. The molecule has 1 N–H and O–H groups in total. The summed E-state index contributed by atoms with van der Waals surface area (Å²) in [6, 6.07) is 0. The molecule has 6 rings (SSSR count). The van der Waals surface area contributed by atoms with Gasteiger partial charge in [0.25, 0.3) is 0 Å². The van der Waals surface area contributed by atoms with Crippen LogP contribution in [0.15, 0.2) is 24.3 Å². The topological polar surface area (TPSA) is 72.8 Å². The predicted octanol–water partition coefficient (Wildman–Crippen LogP) is 5.37. The third-order valence-electron chi connectivity index (χ3n) is 12.2. The van der Waals surface area contributed by atoms with Gasteiger partial charge in [0, 0.05) is 34.8 Å². The quantitative estimate of drug-likeness (QED) is 0.402. The third-order valence-corrected chi connectivity index (χ3v) is 12.2. The Labute approximate surface area is 209 Å². The van der Waals surface area contributed by atoms with Crippen LogP contribution < -0.4 is 0 Å². The van der Waals surface area contributed by atoms with E-state index in [-0.39, 0.29) is 64.1 Å². The van der Waals surface area contributed by atoms with Crippen LogP contribution in [0, 0.1) is 45.8 Å². The lowest BCUT2D eigenvalue weighted by molar-refractivity contribution is -0.240. The van der Waals surface area contributed by atoms with Gasteiger partial charge in [0.1, 0.15) is 12.2 Å². The molecule has 0 unspecified atom stereocenters. The summed E-state index contributed by atoms with van der Waals surface area (Å²) in [5.41, 5.74) is 0.285. The highest BCUT2D eigenvalue weighted by Crippen LogP contribution is 2.71. The van der Waals surface area contributed by atoms with Crippen LogP contribution in [0.1, 0.15) is 85.5 Å². The molecule has 2 saturated heterocycles. The molecule has 0 amide bonds. The molecule has 0 spiro atoms. The van der Waals surface area contributed by atoms with Crippen LogP contribution in [-0.4, -0.2) is 34.9 Å². The van der Waals surface area contributed by atoms with E-state index in [0.29, 0.717) is 23.5 Å². The molecule has 5 nitrogen and oxygen atoms in total. The van der Waals surface area contributed by atoms with E-state index in [4.69, 9.17) is 9.47 Å². The van der Waals surface area contributed by atoms with Crippen LogP contribution in [0.25, 0.3) is 0 Å². The number of rotatable bonds is 1. The van der Waals surface area contributed by atoms with E-state index in [2.05, 4.69) is 33.9 Å². The minimum atomic E-state index is -0.892. The maximum absolute atomic E-state index is 12.7. The Hall–Kier alpha value is -1.62. The molecule has 5 heteroatoms. The number of hydrogen-bond acceptors (Lipinski definition) is 5. The van der Waals surface area contributed by atoms with Crippen LogP contribution in [0.2, 0.25) is 0 Å². The van der Waals surface area contributed by atoms with Crippen molar-refractivity contribution in [3.63, 3.8) is 0 Å². The summed E-state index contributed by atoms with van der Waals surface area (Å²) >= 11 is 0. The first kappa shape index (κ1) is 23.8. The average Bonchev–Trinajstić information content (AvgIpc) is 3.21. The second-order valence-corrected chi connectivity index (χ2v) is 14.0. The highest BCUT2D eigenvalue weighted by molar-refractivity contribution is 5.91. The van der Waals surface area contributed by atoms with E-state index < -0.39 is 5.60 Å². The average molecular weight is 483 g/mol. The van der Waals surface area contributed by atoms with Crippen molar-refractivity contribution in [2.24, 2.45) is 45.8 Å². The van der Waals surface area contributed by atoms with Gasteiger partial charge in [-0.05, 0) is 80.5 Å². The molecule has 11 atom stereocenters. The van der Waals surface area contributed by atoms with E-state index in [9.17, 15) is 14.7 Å². The molecule has 192 valence electrons. The zero-order chi connectivity index (χ0) is 25.1. The first-order valence-corrected chi connectivity index (χ1v) is 13.9. The highest BCUT2D eigenvalue weighted by atomic mass is 16.6. The minimum Gasteiger partial charge on any atom is -0.458 e. The molecule has 2 aliphatic heterocycles. The van der Waals surface area contributed by atoms with Crippen molar-refractivity contribution in [2.45, 2.75) is 103 Å². The lowest BCUT2D eigenvalue weighted by atomic mass is 9.38. The Kier molecular flexibility index (Phi) is 4.91. The van der Waals surface area contributed by atoms with E-state index in [1.165, 1.54) is 12.8 Å². The first-order valence-electron chi connectivity index (χ1n) is 13.9. The van der Waals surface area contributed by atoms with Crippen LogP contribution >= 0.6 is 0 Å². The largest absolute Gasteiger partial charge is 0.458 e. The number of ether oxygens (including phenoxy) is 2. The summed E-state index contributed by atoms with van der Waals surface area (Å²) in [4.78, 5) is 25.2. The van der Waals surface area contributed by atoms with Crippen molar-refractivity contribution in [3.8, 4) is 0 Å². The Bertz CT molecular complexity index is 1010. The standard InChI is InChI=1S/C30H42O5/c1-16-18-8-13-27(3)11-7-12-28(4,23(27)21(18)34-25(16)31)20-10-15-30(6,33)24-22-19(9-14-29(20,24)5)17(2)26(32)35-22/h18-24,33H,1-2,7-15H2,3-6H3/t18-,19-,20+,21+,22+,23-,24-,27+,28+,29+,30-/m0/s1. The lowest BCUT2D eigenvalue weighted by Gasteiger charge is -2.67. The van der Waals surface area contributed by atoms with Gasteiger partial charge in [-0.1, -0.05) is 40.3 Å². The summed E-state index contributed by atoms with van der Waals surface area (Å²) in [5.74, 6) is 0.146. The van der Waals surface area contributed by atoms with Gasteiger partial charge in [-0.25, -0.2) is 9.59 Å². The number of carbonyl (C=O) groups is 2. The van der Waals surface area contributed by atoms with Gasteiger partial charge < -0.3 is 14.6 Å². The number of carbonyl (C=O) groups excluding carboxylic acids is 2. The maximum Gasteiger partial charge on any atom is 0.334 e. The van der Waals surface area contributed by atoms with Crippen molar-refractivity contribution in [1.82, 2.24) is 0 Å². The van der Waals surface area contributed by atoms with E-state index >= 15 is 0 Å². The van der Waals surface area contributed by atoms with E-state index in [0.717, 1.165) is 38.5 Å². The van der Waals surface area contributed by atoms with Crippen molar-refractivity contribution in [3.05, 3.63) is 24.3 Å².